The summed E-state index contributed by atoms with van der Waals surface area (Å²) in [7, 11) is 0. The van der Waals surface area contributed by atoms with E-state index in [-0.39, 0.29) is 0 Å². The van der Waals surface area contributed by atoms with Crippen molar-refractivity contribution in [1.82, 2.24) is 4.90 Å². The minimum Gasteiger partial charge on any atom is -0.478 e. The van der Waals surface area contributed by atoms with E-state index in [1.807, 2.05) is 0 Å². The number of carboxylic acid groups (broad SMARTS) is 2. The molecule has 1 aliphatic rings. The maximum absolute atomic E-state index is 9.55. The molecule has 0 atom stereocenters. The Hall–Kier alpha value is -2.22. The number of nitrogens with zero attached hydrogens (tertiary/aromatic N) is 1. The fourth-order valence-electron chi connectivity index (χ4n) is 3.01. The molecule has 2 aromatic rings. The zero-order valence-corrected chi connectivity index (χ0v) is 16.9. The zero-order chi connectivity index (χ0) is 20.4. The number of rotatable bonds is 9. The minimum atomic E-state index is -1.26. The normalized spacial score (nSPS) is 14.6. The number of hydrogen-bond donors (Lipinski definition) is 2. The molecule has 2 N–H and O–H groups in total. The molecular weight excluding hydrogens is 378 g/mol. The standard InChI is InChI=1S/C17H23NOS.C4H4O4/c1-14-12-18(13-14)7-2-8-19-9-5-15-3-4-17-16(11-15)6-10-20-17;5-3(6)1-2-4(7)8/h3-4,6,10-11,14H,2,5,7-9,12-13H2,1H3;1-2H,(H,5,6)(H,7,8)/b;2-1-. The summed E-state index contributed by atoms with van der Waals surface area (Å²) in [5.41, 5.74) is 1.38. The summed E-state index contributed by atoms with van der Waals surface area (Å²) in [5, 5.41) is 19.1. The number of carboxylic acids is 2. The van der Waals surface area contributed by atoms with Gasteiger partial charge in [-0.1, -0.05) is 19.1 Å². The molecule has 152 valence electrons. The van der Waals surface area contributed by atoms with Crippen molar-refractivity contribution in [2.45, 2.75) is 19.8 Å². The highest BCUT2D eigenvalue weighted by Gasteiger charge is 2.20. The second kappa shape index (κ2) is 11.6. The molecule has 0 amide bonds. The molecule has 0 aliphatic carbocycles. The summed E-state index contributed by atoms with van der Waals surface area (Å²) < 4.78 is 7.13. The third-order valence-electron chi connectivity index (χ3n) is 4.32. The second-order valence-corrected chi connectivity index (χ2v) is 7.83. The molecule has 0 saturated carbocycles. The van der Waals surface area contributed by atoms with Crippen molar-refractivity contribution < 1.29 is 24.5 Å². The molecule has 1 aromatic carbocycles. The lowest BCUT2D eigenvalue weighted by Gasteiger charge is -2.37. The van der Waals surface area contributed by atoms with Crippen molar-refractivity contribution >= 4 is 33.4 Å². The van der Waals surface area contributed by atoms with Crippen molar-refractivity contribution in [3.63, 3.8) is 0 Å². The van der Waals surface area contributed by atoms with Gasteiger partial charge in [0.05, 0.1) is 6.61 Å². The van der Waals surface area contributed by atoms with Crippen molar-refractivity contribution in [2.24, 2.45) is 5.92 Å². The van der Waals surface area contributed by atoms with Gasteiger partial charge in [-0.2, -0.15) is 0 Å². The Kier molecular flexibility index (Phi) is 9.13. The van der Waals surface area contributed by atoms with Crippen LogP contribution in [-0.2, 0) is 20.7 Å². The Morgan fingerprint density at radius 3 is 2.54 bits per heavy atom. The first-order chi connectivity index (χ1) is 13.4. The van der Waals surface area contributed by atoms with Gasteiger partial charge in [0.1, 0.15) is 0 Å². The summed E-state index contributed by atoms with van der Waals surface area (Å²) in [6, 6.07) is 8.93. The molecule has 0 radical (unpaired) electrons. The summed E-state index contributed by atoms with van der Waals surface area (Å²) in [5.74, 6) is -1.61. The molecule has 2 heterocycles. The third kappa shape index (κ3) is 8.21. The van der Waals surface area contributed by atoms with E-state index in [9.17, 15) is 9.59 Å². The van der Waals surface area contributed by atoms with Crippen molar-refractivity contribution in [2.75, 3.05) is 32.8 Å². The van der Waals surface area contributed by atoms with Gasteiger partial charge in [0.25, 0.3) is 0 Å². The third-order valence-corrected chi connectivity index (χ3v) is 5.22. The number of fused-ring (bicyclic) bond motifs is 1. The molecule has 3 rings (SSSR count). The Labute approximate surface area is 169 Å². The zero-order valence-electron chi connectivity index (χ0n) is 16.0. The number of hydrogen-bond acceptors (Lipinski definition) is 5. The number of ether oxygens (including phenoxy) is 1. The summed E-state index contributed by atoms with van der Waals surface area (Å²) in [6.07, 6.45) is 3.30. The predicted octanol–water partition coefficient (Wildman–Crippen LogP) is 3.51. The van der Waals surface area contributed by atoms with E-state index < -0.39 is 11.9 Å². The molecule has 1 saturated heterocycles. The average molecular weight is 406 g/mol. The van der Waals surface area contributed by atoms with E-state index in [0.29, 0.717) is 12.2 Å². The largest absolute Gasteiger partial charge is 0.478 e. The Morgan fingerprint density at radius 2 is 1.89 bits per heavy atom. The number of aliphatic carboxylic acids is 2. The molecule has 7 heteroatoms. The van der Waals surface area contributed by atoms with E-state index in [1.54, 1.807) is 11.3 Å². The first kappa shape index (κ1) is 22.1. The number of carbonyl (C=O) groups is 2. The van der Waals surface area contributed by atoms with Gasteiger partial charge in [-0.15, -0.1) is 11.3 Å². The van der Waals surface area contributed by atoms with Gasteiger partial charge in [0.15, 0.2) is 0 Å². The average Bonchev–Trinajstić information content (AvgIpc) is 3.09. The fraction of sp³-hybridized carbons (Fsp3) is 0.429. The van der Waals surface area contributed by atoms with Crippen LogP contribution in [0.2, 0.25) is 0 Å². The maximum atomic E-state index is 9.55. The maximum Gasteiger partial charge on any atom is 0.328 e. The van der Waals surface area contributed by atoms with Gasteiger partial charge >= 0.3 is 11.9 Å². The van der Waals surface area contributed by atoms with Crippen LogP contribution in [0.4, 0.5) is 0 Å². The Balaban J connectivity index is 0.000000300. The van der Waals surface area contributed by atoms with Crippen LogP contribution >= 0.6 is 11.3 Å². The Bertz CT molecular complexity index is 779. The SMILES string of the molecule is CC1CN(CCCOCCc2ccc3sccc3c2)C1.O=C(O)/C=C\C(=O)O. The van der Waals surface area contributed by atoms with E-state index >= 15 is 0 Å². The summed E-state index contributed by atoms with van der Waals surface area (Å²) >= 11 is 1.81. The summed E-state index contributed by atoms with van der Waals surface area (Å²) in [4.78, 5) is 21.6. The van der Waals surface area contributed by atoms with Gasteiger partial charge in [-0.05, 0) is 47.2 Å². The predicted molar refractivity (Wildman–Crippen MR) is 111 cm³/mol. The van der Waals surface area contributed by atoms with Crippen LogP contribution in [0.1, 0.15) is 18.9 Å². The fourth-order valence-corrected chi connectivity index (χ4v) is 3.78. The molecule has 0 spiro atoms. The van der Waals surface area contributed by atoms with Crippen molar-refractivity contribution in [3.8, 4) is 0 Å². The molecule has 0 unspecified atom stereocenters. The first-order valence-corrected chi connectivity index (χ1v) is 10.2. The van der Waals surface area contributed by atoms with Crippen LogP contribution in [-0.4, -0.2) is 59.9 Å². The van der Waals surface area contributed by atoms with Crippen LogP contribution in [0, 0.1) is 5.92 Å². The van der Waals surface area contributed by atoms with Crippen LogP contribution in [0.25, 0.3) is 10.1 Å². The topological polar surface area (TPSA) is 87.1 Å². The van der Waals surface area contributed by atoms with E-state index in [0.717, 1.165) is 32.0 Å². The second-order valence-electron chi connectivity index (χ2n) is 6.88. The smallest absolute Gasteiger partial charge is 0.328 e. The molecule has 1 aliphatic heterocycles. The van der Waals surface area contributed by atoms with E-state index in [2.05, 4.69) is 41.5 Å². The van der Waals surface area contributed by atoms with E-state index in [4.69, 9.17) is 14.9 Å². The lowest BCUT2D eigenvalue weighted by Crippen LogP contribution is -2.45. The number of likely N-dealkylation sites (tertiary alicyclic amines) is 1. The van der Waals surface area contributed by atoms with Gasteiger partial charge < -0.3 is 19.8 Å². The quantitative estimate of drug-likeness (QED) is 0.490. The highest BCUT2D eigenvalue weighted by atomic mass is 32.1. The summed E-state index contributed by atoms with van der Waals surface area (Å²) in [6.45, 7) is 7.81. The van der Waals surface area contributed by atoms with Crippen LogP contribution < -0.4 is 0 Å². The monoisotopic (exact) mass is 405 g/mol. The number of benzene rings is 1. The highest BCUT2D eigenvalue weighted by molar-refractivity contribution is 7.17. The molecule has 1 aromatic heterocycles. The first-order valence-electron chi connectivity index (χ1n) is 9.34. The highest BCUT2D eigenvalue weighted by Crippen LogP contribution is 2.22. The molecule has 1 fully saturated rings. The minimum absolute atomic E-state index is 0.558. The van der Waals surface area contributed by atoms with Gasteiger partial charge in [0.2, 0.25) is 0 Å². The molecule has 28 heavy (non-hydrogen) atoms. The van der Waals surface area contributed by atoms with Crippen LogP contribution in [0.3, 0.4) is 0 Å². The molecule has 6 nitrogen and oxygen atoms in total. The Morgan fingerprint density at radius 1 is 1.18 bits per heavy atom. The van der Waals surface area contributed by atoms with Gasteiger partial charge in [-0.25, -0.2) is 9.59 Å². The van der Waals surface area contributed by atoms with E-state index in [1.165, 1.54) is 35.3 Å². The molecular formula is C21H27NO5S. The molecule has 0 bridgehead atoms. The number of thiophene rings is 1. The van der Waals surface area contributed by atoms with Crippen molar-refractivity contribution in [1.29, 1.82) is 0 Å². The lowest BCUT2D eigenvalue weighted by atomic mass is 10.0. The van der Waals surface area contributed by atoms with Crippen LogP contribution in [0.15, 0.2) is 41.8 Å². The van der Waals surface area contributed by atoms with Crippen LogP contribution in [0.5, 0.6) is 0 Å². The van der Waals surface area contributed by atoms with Crippen molar-refractivity contribution in [3.05, 3.63) is 47.4 Å². The van der Waals surface area contributed by atoms with Gasteiger partial charge in [0, 0.05) is 43.1 Å². The lowest BCUT2D eigenvalue weighted by molar-refractivity contribution is -0.134. The van der Waals surface area contributed by atoms with Gasteiger partial charge in [-0.3, -0.25) is 0 Å².